The summed E-state index contributed by atoms with van der Waals surface area (Å²) in [4.78, 5) is 11.1. The average molecular weight is 483 g/mol. The number of anilines is 2. The SMILES string of the molecule is CCNc1cc2c(cn1)c(N1CCC[C@H](OC)C1)nn2C1CCC(Oc2nccc(C)c2F)CC1. The third-order valence-corrected chi connectivity index (χ3v) is 7.26. The minimum Gasteiger partial charge on any atom is -0.472 e. The molecule has 9 heteroatoms. The summed E-state index contributed by atoms with van der Waals surface area (Å²) in [6.45, 7) is 6.42. The lowest BCUT2D eigenvalue weighted by molar-refractivity contribution is 0.0890. The normalized spacial score (nSPS) is 23.0. The van der Waals surface area contributed by atoms with Crippen molar-refractivity contribution in [3.8, 4) is 5.88 Å². The Morgan fingerprint density at radius 3 is 2.74 bits per heavy atom. The van der Waals surface area contributed by atoms with Crippen molar-refractivity contribution in [2.24, 2.45) is 0 Å². The van der Waals surface area contributed by atoms with E-state index in [0.29, 0.717) is 5.56 Å². The molecule has 1 atom stereocenters. The smallest absolute Gasteiger partial charge is 0.250 e. The number of fused-ring (bicyclic) bond motifs is 1. The van der Waals surface area contributed by atoms with Crippen LogP contribution >= 0.6 is 0 Å². The number of piperidine rings is 1. The lowest BCUT2D eigenvalue weighted by atomic mass is 9.93. The molecule has 5 rings (SSSR count). The van der Waals surface area contributed by atoms with Crippen LogP contribution in [-0.4, -0.2) is 58.7 Å². The third kappa shape index (κ3) is 4.91. The van der Waals surface area contributed by atoms with E-state index >= 15 is 0 Å². The van der Waals surface area contributed by atoms with Gasteiger partial charge in [0.15, 0.2) is 11.6 Å². The molecule has 1 saturated heterocycles. The molecule has 0 spiro atoms. The first-order chi connectivity index (χ1) is 17.1. The second-order valence-electron chi connectivity index (χ2n) is 9.63. The van der Waals surface area contributed by atoms with Gasteiger partial charge in [-0.05, 0) is 64.0 Å². The number of ether oxygens (including phenoxy) is 2. The second kappa shape index (κ2) is 10.4. The fraction of sp³-hybridized carbons (Fsp3) is 0.577. The Kier molecular flexibility index (Phi) is 7.04. The molecule has 0 unspecified atom stereocenters. The van der Waals surface area contributed by atoms with Crippen LogP contribution in [0.1, 0.15) is 57.1 Å². The summed E-state index contributed by atoms with van der Waals surface area (Å²) in [5.74, 6) is 1.59. The van der Waals surface area contributed by atoms with Crippen LogP contribution in [0.4, 0.5) is 16.0 Å². The zero-order valence-corrected chi connectivity index (χ0v) is 20.8. The number of pyridine rings is 2. The van der Waals surface area contributed by atoms with E-state index in [1.165, 1.54) is 0 Å². The van der Waals surface area contributed by atoms with Crippen molar-refractivity contribution < 1.29 is 13.9 Å². The van der Waals surface area contributed by atoms with Gasteiger partial charge in [-0.3, -0.25) is 4.68 Å². The Hall–Kier alpha value is -2.94. The molecule has 3 aromatic rings. The topological polar surface area (TPSA) is 77.3 Å². The first kappa shape index (κ1) is 23.8. The maximum atomic E-state index is 14.4. The molecule has 8 nitrogen and oxygen atoms in total. The summed E-state index contributed by atoms with van der Waals surface area (Å²) in [7, 11) is 1.79. The van der Waals surface area contributed by atoms with Crippen molar-refractivity contribution >= 4 is 22.5 Å². The van der Waals surface area contributed by atoms with Crippen molar-refractivity contribution in [1.82, 2.24) is 19.7 Å². The average Bonchev–Trinajstić information content (AvgIpc) is 3.26. The predicted octanol–water partition coefficient (Wildman–Crippen LogP) is 4.88. The van der Waals surface area contributed by atoms with Crippen LogP contribution in [0.2, 0.25) is 0 Å². The van der Waals surface area contributed by atoms with E-state index in [1.54, 1.807) is 26.3 Å². The van der Waals surface area contributed by atoms with Gasteiger partial charge < -0.3 is 19.7 Å². The quantitative estimate of drug-likeness (QED) is 0.514. The summed E-state index contributed by atoms with van der Waals surface area (Å²) in [6.07, 6.45) is 9.37. The van der Waals surface area contributed by atoms with Crippen LogP contribution in [0.3, 0.4) is 0 Å². The summed E-state index contributed by atoms with van der Waals surface area (Å²) >= 11 is 0. The molecule has 188 valence electrons. The molecule has 0 aromatic carbocycles. The highest BCUT2D eigenvalue weighted by Crippen LogP contribution is 2.37. The van der Waals surface area contributed by atoms with E-state index in [0.717, 1.165) is 80.7 Å². The fourth-order valence-corrected chi connectivity index (χ4v) is 5.29. The van der Waals surface area contributed by atoms with Gasteiger partial charge in [0, 0.05) is 45.2 Å². The van der Waals surface area contributed by atoms with Crippen LogP contribution in [-0.2, 0) is 4.74 Å². The van der Waals surface area contributed by atoms with Crippen LogP contribution in [0, 0.1) is 12.7 Å². The Labute approximate surface area is 205 Å². The number of aromatic nitrogens is 4. The number of hydrogen-bond donors (Lipinski definition) is 1. The molecule has 1 aliphatic carbocycles. The van der Waals surface area contributed by atoms with E-state index in [-0.39, 0.29) is 29.9 Å². The highest BCUT2D eigenvalue weighted by Gasteiger charge is 2.30. The van der Waals surface area contributed by atoms with Crippen LogP contribution in [0.25, 0.3) is 10.9 Å². The Morgan fingerprint density at radius 2 is 1.97 bits per heavy atom. The van der Waals surface area contributed by atoms with Crippen molar-refractivity contribution in [2.75, 3.05) is 37.0 Å². The lowest BCUT2D eigenvalue weighted by Crippen LogP contribution is -2.39. The van der Waals surface area contributed by atoms with Gasteiger partial charge in [-0.15, -0.1) is 0 Å². The van der Waals surface area contributed by atoms with Gasteiger partial charge in [-0.25, -0.2) is 14.4 Å². The monoisotopic (exact) mass is 482 g/mol. The number of methoxy groups -OCH3 is 1. The molecular formula is C26H35FN6O2. The minimum atomic E-state index is -0.364. The van der Waals surface area contributed by atoms with Gasteiger partial charge in [0.25, 0.3) is 5.88 Å². The molecule has 35 heavy (non-hydrogen) atoms. The molecule has 3 aromatic heterocycles. The molecule has 2 aliphatic rings. The van der Waals surface area contributed by atoms with Gasteiger partial charge >= 0.3 is 0 Å². The number of nitrogens with zero attached hydrogens (tertiary/aromatic N) is 5. The number of aryl methyl sites for hydroxylation is 1. The summed E-state index contributed by atoms with van der Waals surface area (Å²) in [5, 5.41) is 9.55. The van der Waals surface area contributed by atoms with Crippen LogP contribution in [0.5, 0.6) is 5.88 Å². The van der Waals surface area contributed by atoms with E-state index in [1.807, 2.05) is 6.20 Å². The fourth-order valence-electron chi connectivity index (χ4n) is 5.29. The van der Waals surface area contributed by atoms with E-state index in [9.17, 15) is 4.39 Å². The standard InChI is InChI=1S/C26H35FN6O2/c1-4-28-23-14-22-21(15-30-23)25(32-13-5-6-20(16-32)34-3)31-33(22)18-7-9-19(10-8-18)35-26-24(27)17(2)11-12-29-26/h11-12,14-15,18-20H,4-10,13,16H2,1-3H3,(H,28,30)/t18?,19?,20-/m0/s1. The van der Waals surface area contributed by atoms with Crippen LogP contribution in [0.15, 0.2) is 24.5 Å². The maximum absolute atomic E-state index is 14.4. The number of nitrogens with one attached hydrogen (secondary N) is 1. The molecular weight excluding hydrogens is 447 g/mol. The first-order valence-corrected chi connectivity index (χ1v) is 12.7. The Bertz CT molecular complexity index is 1160. The lowest BCUT2D eigenvalue weighted by Gasteiger charge is -2.32. The molecule has 0 radical (unpaired) electrons. The van der Waals surface area contributed by atoms with Gasteiger partial charge in [-0.2, -0.15) is 5.10 Å². The summed E-state index contributed by atoms with van der Waals surface area (Å²) in [5.41, 5.74) is 1.65. The Balaban J connectivity index is 1.38. The summed E-state index contributed by atoms with van der Waals surface area (Å²) < 4.78 is 28.2. The zero-order chi connectivity index (χ0) is 24.4. The van der Waals surface area contributed by atoms with Crippen molar-refractivity contribution in [3.05, 3.63) is 35.9 Å². The van der Waals surface area contributed by atoms with E-state index < -0.39 is 0 Å². The van der Waals surface area contributed by atoms with Gasteiger partial charge in [0.2, 0.25) is 0 Å². The van der Waals surface area contributed by atoms with Gasteiger partial charge in [0.1, 0.15) is 11.9 Å². The van der Waals surface area contributed by atoms with E-state index in [2.05, 4.69) is 37.9 Å². The molecule has 1 N–H and O–H groups in total. The predicted molar refractivity (Wildman–Crippen MR) is 135 cm³/mol. The highest BCUT2D eigenvalue weighted by molar-refractivity contribution is 5.91. The number of rotatable bonds is 7. The van der Waals surface area contributed by atoms with Gasteiger partial charge in [-0.1, -0.05) is 0 Å². The second-order valence-corrected chi connectivity index (χ2v) is 9.63. The maximum Gasteiger partial charge on any atom is 0.250 e. The van der Waals surface area contributed by atoms with E-state index in [4.69, 9.17) is 14.6 Å². The molecule has 4 heterocycles. The highest BCUT2D eigenvalue weighted by atomic mass is 19.1. The molecule has 0 amide bonds. The minimum absolute atomic E-state index is 0.0418. The number of hydrogen-bond acceptors (Lipinski definition) is 7. The zero-order valence-electron chi connectivity index (χ0n) is 20.8. The van der Waals surface area contributed by atoms with Gasteiger partial charge in [0.05, 0.1) is 23.0 Å². The van der Waals surface area contributed by atoms with Crippen molar-refractivity contribution in [1.29, 1.82) is 0 Å². The largest absolute Gasteiger partial charge is 0.472 e. The molecule has 1 saturated carbocycles. The third-order valence-electron chi connectivity index (χ3n) is 7.26. The molecule has 0 bridgehead atoms. The number of halogens is 1. The first-order valence-electron chi connectivity index (χ1n) is 12.7. The molecule has 1 aliphatic heterocycles. The van der Waals surface area contributed by atoms with Crippen LogP contribution < -0.4 is 15.0 Å². The van der Waals surface area contributed by atoms with Crippen molar-refractivity contribution in [2.45, 2.75) is 70.6 Å². The molecule has 2 fully saturated rings. The van der Waals surface area contributed by atoms with Crippen molar-refractivity contribution in [3.63, 3.8) is 0 Å². The summed E-state index contributed by atoms with van der Waals surface area (Å²) in [6, 6.07) is 4.02. The Morgan fingerprint density at radius 1 is 1.14 bits per heavy atom.